The van der Waals surface area contributed by atoms with Gasteiger partial charge in [0.2, 0.25) is 0 Å². The number of alkyl halides is 3. The molecule has 7 heteroatoms. The van der Waals surface area contributed by atoms with Crippen LogP contribution < -0.4 is 4.74 Å². The molecular weight excluding hydrogens is 323 g/mol. The number of allylic oxidation sites excluding steroid dienone is 1. The number of benzene rings is 1. The van der Waals surface area contributed by atoms with E-state index in [1.54, 1.807) is 0 Å². The van der Waals surface area contributed by atoms with Crippen molar-refractivity contribution in [2.75, 3.05) is 0 Å². The van der Waals surface area contributed by atoms with E-state index in [0.29, 0.717) is 18.4 Å². The van der Waals surface area contributed by atoms with Gasteiger partial charge in [-0.3, -0.25) is 10.1 Å². The minimum absolute atomic E-state index is 0.119. The van der Waals surface area contributed by atoms with Gasteiger partial charge in [0.15, 0.2) is 5.75 Å². The minimum atomic E-state index is -4.63. The molecule has 0 amide bonds. The summed E-state index contributed by atoms with van der Waals surface area (Å²) in [6.07, 6.45) is -2.64. The molecule has 0 spiro atoms. The van der Waals surface area contributed by atoms with Gasteiger partial charge in [-0.1, -0.05) is 19.4 Å². The third-order valence-electron chi connectivity index (χ3n) is 4.63. The number of ether oxygens (including phenoxy) is 1. The van der Waals surface area contributed by atoms with E-state index in [1.807, 2.05) is 13.8 Å². The molecule has 2 atom stereocenters. The van der Waals surface area contributed by atoms with Gasteiger partial charge in [0.05, 0.1) is 10.5 Å². The van der Waals surface area contributed by atoms with Gasteiger partial charge in [-0.25, -0.2) is 0 Å². The van der Waals surface area contributed by atoms with Crippen LogP contribution in [-0.2, 0) is 6.18 Å². The quantitative estimate of drug-likeness (QED) is 0.411. The van der Waals surface area contributed by atoms with E-state index < -0.39 is 22.4 Å². The molecular formula is C17H20F3NO3. The van der Waals surface area contributed by atoms with E-state index >= 15 is 0 Å². The molecule has 0 heterocycles. The van der Waals surface area contributed by atoms with Crippen LogP contribution in [0.25, 0.3) is 0 Å². The van der Waals surface area contributed by atoms with E-state index in [9.17, 15) is 23.3 Å². The van der Waals surface area contributed by atoms with Crippen LogP contribution in [-0.4, -0.2) is 11.0 Å². The predicted molar refractivity (Wildman–Crippen MR) is 83.9 cm³/mol. The van der Waals surface area contributed by atoms with Crippen molar-refractivity contribution < 1.29 is 22.8 Å². The minimum Gasteiger partial charge on any atom is -0.479 e. The Kier molecular flexibility index (Phi) is 5.20. The highest BCUT2D eigenvalue weighted by Crippen LogP contribution is 2.39. The number of halogens is 3. The largest absolute Gasteiger partial charge is 0.479 e. The Morgan fingerprint density at radius 3 is 2.54 bits per heavy atom. The lowest BCUT2D eigenvalue weighted by molar-refractivity contribution is -0.386. The second-order valence-corrected chi connectivity index (χ2v) is 6.08. The standard InChI is InChI=1S/C17H20F3NO3/c1-4-13-11(3)10(2)5-7-15(13)24-16-8-6-12(17(18,19)20)9-14(16)21(22)23/h6,8-10,15H,4-5,7H2,1-3H3. The SMILES string of the molecule is CCC1=C(C)C(C)CCC1Oc1ccc(C(F)(F)F)cc1[N+](=O)[O-]. The zero-order valence-electron chi connectivity index (χ0n) is 13.8. The van der Waals surface area contributed by atoms with Gasteiger partial charge >= 0.3 is 11.9 Å². The highest BCUT2D eigenvalue weighted by molar-refractivity contribution is 5.50. The maximum absolute atomic E-state index is 12.8. The van der Waals surface area contributed by atoms with Crippen molar-refractivity contribution in [1.29, 1.82) is 0 Å². The van der Waals surface area contributed by atoms with Crippen LogP contribution >= 0.6 is 0 Å². The molecule has 0 aromatic heterocycles. The lowest BCUT2D eigenvalue weighted by atomic mass is 9.82. The zero-order valence-corrected chi connectivity index (χ0v) is 13.8. The zero-order chi connectivity index (χ0) is 18.1. The van der Waals surface area contributed by atoms with Crippen molar-refractivity contribution >= 4 is 5.69 Å². The summed E-state index contributed by atoms with van der Waals surface area (Å²) in [5.74, 6) is 0.300. The number of rotatable bonds is 4. The summed E-state index contributed by atoms with van der Waals surface area (Å²) < 4.78 is 44.1. The molecule has 0 N–H and O–H groups in total. The second kappa shape index (κ2) is 6.83. The Morgan fingerprint density at radius 2 is 2.00 bits per heavy atom. The fourth-order valence-electron chi connectivity index (χ4n) is 3.09. The molecule has 1 aliphatic rings. The topological polar surface area (TPSA) is 52.4 Å². The summed E-state index contributed by atoms with van der Waals surface area (Å²) in [5.41, 5.74) is 0.559. The van der Waals surface area contributed by atoms with Gasteiger partial charge in [-0.15, -0.1) is 0 Å². The van der Waals surface area contributed by atoms with E-state index in [-0.39, 0.29) is 11.9 Å². The molecule has 1 aliphatic carbocycles. The van der Waals surface area contributed by atoms with Crippen LogP contribution in [0, 0.1) is 16.0 Å². The van der Waals surface area contributed by atoms with Gasteiger partial charge in [-0.2, -0.15) is 13.2 Å². The first-order chi connectivity index (χ1) is 11.1. The third kappa shape index (κ3) is 3.71. The highest BCUT2D eigenvalue weighted by atomic mass is 19.4. The Morgan fingerprint density at radius 1 is 1.33 bits per heavy atom. The average Bonchev–Trinajstić information content (AvgIpc) is 2.50. The summed E-state index contributed by atoms with van der Waals surface area (Å²) in [5, 5.41) is 11.2. The summed E-state index contributed by atoms with van der Waals surface area (Å²) >= 11 is 0. The molecule has 4 nitrogen and oxygen atoms in total. The van der Waals surface area contributed by atoms with E-state index in [0.717, 1.165) is 30.5 Å². The lowest BCUT2D eigenvalue weighted by Crippen LogP contribution is -2.27. The van der Waals surface area contributed by atoms with Gasteiger partial charge < -0.3 is 4.74 Å². The molecule has 2 rings (SSSR count). The van der Waals surface area contributed by atoms with Crippen LogP contribution in [0.4, 0.5) is 18.9 Å². The molecule has 1 aromatic rings. The van der Waals surface area contributed by atoms with Crippen LogP contribution in [0.15, 0.2) is 29.3 Å². The number of hydrogen-bond acceptors (Lipinski definition) is 3. The molecule has 0 aliphatic heterocycles. The van der Waals surface area contributed by atoms with Gasteiger partial charge in [0.25, 0.3) is 0 Å². The van der Waals surface area contributed by atoms with Crippen molar-refractivity contribution in [2.24, 2.45) is 5.92 Å². The molecule has 0 fully saturated rings. The fraction of sp³-hybridized carbons (Fsp3) is 0.529. The van der Waals surface area contributed by atoms with E-state index in [1.165, 1.54) is 5.57 Å². The van der Waals surface area contributed by atoms with Crippen molar-refractivity contribution in [3.8, 4) is 5.75 Å². The second-order valence-electron chi connectivity index (χ2n) is 6.08. The molecule has 0 saturated carbocycles. The molecule has 24 heavy (non-hydrogen) atoms. The van der Waals surface area contributed by atoms with Crippen molar-refractivity contribution in [2.45, 2.75) is 52.3 Å². The van der Waals surface area contributed by atoms with Gasteiger partial charge in [0, 0.05) is 6.07 Å². The molecule has 0 saturated heterocycles. The van der Waals surface area contributed by atoms with Gasteiger partial charge in [0.1, 0.15) is 6.10 Å². The molecule has 1 aromatic carbocycles. The monoisotopic (exact) mass is 343 g/mol. The number of nitrogens with zero attached hydrogens (tertiary/aromatic N) is 1. The lowest BCUT2D eigenvalue weighted by Gasteiger charge is -2.31. The summed E-state index contributed by atoms with van der Waals surface area (Å²) in [6, 6.07) is 2.39. The van der Waals surface area contributed by atoms with Crippen LogP contribution in [0.2, 0.25) is 0 Å². The van der Waals surface area contributed by atoms with E-state index in [4.69, 9.17) is 4.74 Å². The van der Waals surface area contributed by atoms with Crippen LogP contribution in [0.1, 0.15) is 45.6 Å². The maximum atomic E-state index is 12.8. The Balaban J connectivity index is 2.38. The number of nitro benzene ring substituents is 1. The Hall–Kier alpha value is -2.05. The van der Waals surface area contributed by atoms with Crippen molar-refractivity contribution in [3.05, 3.63) is 45.0 Å². The predicted octanol–water partition coefficient (Wildman–Crippen LogP) is 5.52. The summed E-state index contributed by atoms with van der Waals surface area (Å²) in [7, 11) is 0. The number of hydrogen-bond donors (Lipinski definition) is 0. The van der Waals surface area contributed by atoms with Crippen LogP contribution in [0.3, 0.4) is 0 Å². The molecule has 2 unspecified atom stereocenters. The smallest absolute Gasteiger partial charge is 0.416 e. The Bertz CT molecular complexity index is 668. The Labute approximate surface area is 138 Å². The first kappa shape index (κ1) is 18.3. The van der Waals surface area contributed by atoms with Crippen molar-refractivity contribution in [1.82, 2.24) is 0 Å². The maximum Gasteiger partial charge on any atom is 0.416 e. The summed E-state index contributed by atoms with van der Waals surface area (Å²) in [6.45, 7) is 6.11. The van der Waals surface area contributed by atoms with Crippen LogP contribution in [0.5, 0.6) is 5.75 Å². The number of nitro groups is 1. The average molecular weight is 343 g/mol. The highest BCUT2D eigenvalue weighted by Gasteiger charge is 2.34. The fourth-order valence-corrected chi connectivity index (χ4v) is 3.09. The third-order valence-corrected chi connectivity index (χ3v) is 4.63. The molecule has 132 valence electrons. The molecule has 0 radical (unpaired) electrons. The van der Waals surface area contributed by atoms with Gasteiger partial charge in [-0.05, 0) is 49.8 Å². The van der Waals surface area contributed by atoms with Crippen molar-refractivity contribution in [3.63, 3.8) is 0 Å². The normalized spacial score (nSPS) is 21.8. The summed E-state index contributed by atoms with van der Waals surface area (Å²) in [4.78, 5) is 10.3. The van der Waals surface area contributed by atoms with E-state index in [2.05, 4.69) is 6.92 Å². The first-order valence-electron chi connectivity index (χ1n) is 7.87. The first-order valence-corrected chi connectivity index (χ1v) is 7.87. The molecule has 0 bridgehead atoms.